The van der Waals surface area contributed by atoms with Crippen molar-refractivity contribution in [2.24, 2.45) is 0 Å². The molecular weight excluding hydrogens is 364 g/mol. The Balaban J connectivity index is 1.26. The van der Waals surface area contributed by atoms with E-state index in [-0.39, 0.29) is 25.0 Å². The summed E-state index contributed by atoms with van der Waals surface area (Å²) in [7, 11) is 0. The van der Waals surface area contributed by atoms with Crippen molar-refractivity contribution in [2.75, 3.05) is 6.79 Å². The SMILES string of the molecule is O=C(CCc1ccc2c(c1)OCO2)NNC(=O)c1cc2c(s1)CCCCC2. The van der Waals surface area contributed by atoms with Crippen LogP contribution in [-0.2, 0) is 24.1 Å². The molecule has 0 radical (unpaired) electrons. The minimum absolute atomic E-state index is 0.223. The fraction of sp³-hybridized carbons (Fsp3) is 0.400. The van der Waals surface area contributed by atoms with Gasteiger partial charge in [-0.25, -0.2) is 0 Å². The van der Waals surface area contributed by atoms with E-state index >= 15 is 0 Å². The number of hydrogen-bond acceptors (Lipinski definition) is 5. The number of thiophene rings is 1. The highest BCUT2D eigenvalue weighted by atomic mass is 32.1. The third kappa shape index (κ3) is 4.24. The summed E-state index contributed by atoms with van der Waals surface area (Å²) < 4.78 is 10.6. The largest absolute Gasteiger partial charge is 0.454 e. The van der Waals surface area contributed by atoms with Crippen LogP contribution in [0.4, 0.5) is 0 Å². The third-order valence-electron chi connectivity index (χ3n) is 4.86. The average molecular weight is 386 g/mol. The maximum absolute atomic E-state index is 12.3. The highest BCUT2D eigenvalue weighted by Gasteiger charge is 2.17. The van der Waals surface area contributed by atoms with E-state index < -0.39 is 0 Å². The molecule has 0 fully saturated rings. The molecule has 2 aliphatic rings. The summed E-state index contributed by atoms with van der Waals surface area (Å²) in [6.45, 7) is 0.234. The van der Waals surface area contributed by atoms with Crippen molar-refractivity contribution in [3.63, 3.8) is 0 Å². The second-order valence-electron chi connectivity index (χ2n) is 6.81. The molecule has 0 atom stereocenters. The minimum atomic E-state index is -0.246. The fourth-order valence-electron chi connectivity index (χ4n) is 3.38. The molecule has 0 saturated carbocycles. The van der Waals surface area contributed by atoms with Crippen molar-refractivity contribution in [1.29, 1.82) is 0 Å². The molecule has 27 heavy (non-hydrogen) atoms. The van der Waals surface area contributed by atoms with Gasteiger partial charge in [-0.2, -0.15) is 0 Å². The van der Waals surface area contributed by atoms with E-state index in [1.165, 1.54) is 29.7 Å². The number of fused-ring (bicyclic) bond motifs is 2. The summed E-state index contributed by atoms with van der Waals surface area (Å²) in [5.41, 5.74) is 7.31. The maximum atomic E-state index is 12.3. The molecule has 2 heterocycles. The van der Waals surface area contributed by atoms with Crippen molar-refractivity contribution in [3.8, 4) is 11.5 Å². The molecule has 0 saturated heterocycles. The number of ether oxygens (including phenoxy) is 2. The average Bonchev–Trinajstić information content (AvgIpc) is 3.25. The monoisotopic (exact) mass is 386 g/mol. The van der Waals surface area contributed by atoms with Crippen LogP contribution in [0.25, 0.3) is 0 Å². The van der Waals surface area contributed by atoms with Crippen molar-refractivity contribution >= 4 is 23.2 Å². The van der Waals surface area contributed by atoms with Crippen LogP contribution >= 0.6 is 11.3 Å². The lowest BCUT2D eigenvalue weighted by Gasteiger charge is -2.07. The molecule has 142 valence electrons. The predicted octanol–water partition coefficient (Wildman–Crippen LogP) is 3.14. The van der Waals surface area contributed by atoms with Gasteiger partial charge in [-0.1, -0.05) is 12.5 Å². The minimum Gasteiger partial charge on any atom is -0.454 e. The summed E-state index contributed by atoms with van der Waals surface area (Å²) in [6, 6.07) is 7.61. The van der Waals surface area contributed by atoms with Gasteiger partial charge in [0.1, 0.15) is 0 Å². The molecule has 2 N–H and O–H groups in total. The standard InChI is InChI=1S/C20H22N2O4S/c23-19(9-7-13-6-8-15-16(10-13)26-12-25-15)21-22-20(24)18-11-14-4-2-1-3-5-17(14)27-18/h6,8,10-11H,1-5,7,9,12H2,(H,21,23)(H,22,24). The molecule has 2 amide bonds. The fourth-order valence-corrected chi connectivity index (χ4v) is 4.53. The topological polar surface area (TPSA) is 76.7 Å². The van der Waals surface area contributed by atoms with Gasteiger partial charge in [-0.05, 0) is 61.4 Å². The first-order chi connectivity index (χ1) is 13.2. The van der Waals surface area contributed by atoms with Crippen LogP contribution in [-0.4, -0.2) is 18.6 Å². The van der Waals surface area contributed by atoms with Crippen LogP contribution in [0.2, 0.25) is 0 Å². The summed E-state index contributed by atoms with van der Waals surface area (Å²) in [5.74, 6) is 0.965. The molecule has 0 spiro atoms. The van der Waals surface area contributed by atoms with E-state index in [0.29, 0.717) is 17.0 Å². The molecule has 4 rings (SSSR count). The normalized spacial score (nSPS) is 15.0. The lowest BCUT2D eigenvalue weighted by molar-refractivity contribution is -0.121. The summed E-state index contributed by atoms with van der Waals surface area (Å²) in [5, 5.41) is 0. The first-order valence-corrected chi connectivity index (χ1v) is 10.1. The van der Waals surface area contributed by atoms with Crippen LogP contribution in [0.5, 0.6) is 11.5 Å². The molecule has 2 aromatic rings. The number of carbonyl (C=O) groups is 2. The number of hydrogen-bond donors (Lipinski definition) is 2. The van der Waals surface area contributed by atoms with E-state index in [2.05, 4.69) is 10.9 Å². The van der Waals surface area contributed by atoms with Crippen LogP contribution < -0.4 is 20.3 Å². The van der Waals surface area contributed by atoms with E-state index in [4.69, 9.17) is 9.47 Å². The maximum Gasteiger partial charge on any atom is 0.279 e. The molecule has 0 unspecified atom stereocenters. The Hall–Kier alpha value is -2.54. The quantitative estimate of drug-likeness (QED) is 0.625. The van der Waals surface area contributed by atoms with Gasteiger partial charge in [-0.3, -0.25) is 20.4 Å². The van der Waals surface area contributed by atoms with Gasteiger partial charge in [0.05, 0.1) is 4.88 Å². The highest BCUT2D eigenvalue weighted by Crippen LogP contribution is 2.32. The Kier molecular flexibility index (Phi) is 5.29. The van der Waals surface area contributed by atoms with E-state index in [1.54, 1.807) is 11.3 Å². The number of hydrazine groups is 1. The molecule has 7 heteroatoms. The predicted molar refractivity (Wildman–Crippen MR) is 102 cm³/mol. The lowest BCUT2D eigenvalue weighted by atomic mass is 10.1. The molecule has 1 aromatic carbocycles. The molecule has 6 nitrogen and oxygen atoms in total. The molecule has 1 aliphatic carbocycles. The Bertz CT molecular complexity index is 838. The third-order valence-corrected chi connectivity index (χ3v) is 6.10. The number of nitrogens with one attached hydrogen (secondary N) is 2. The Labute approximate surface area is 161 Å². The molecule has 0 bridgehead atoms. The van der Waals surface area contributed by atoms with Gasteiger partial charge in [0, 0.05) is 11.3 Å². The van der Waals surface area contributed by atoms with Gasteiger partial charge >= 0.3 is 0 Å². The van der Waals surface area contributed by atoms with Gasteiger partial charge in [0.15, 0.2) is 11.5 Å². The Morgan fingerprint density at radius 1 is 1.00 bits per heavy atom. The zero-order valence-electron chi connectivity index (χ0n) is 15.0. The first-order valence-electron chi connectivity index (χ1n) is 9.28. The number of amides is 2. The van der Waals surface area contributed by atoms with Crippen LogP contribution in [0, 0.1) is 0 Å². The first kappa shape index (κ1) is 17.9. The van der Waals surface area contributed by atoms with E-state index in [9.17, 15) is 9.59 Å². The zero-order valence-corrected chi connectivity index (χ0v) is 15.8. The van der Waals surface area contributed by atoms with Crippen LogP contribution in [0.1, 0.15) is 51.4 Å². The van der Waals surface area contributed by atoms with Gasteiger partial charge < -0.3 is 9.47 Å². The summed E-state index contributed by atoms with van der Waals surface area (Å²) in [4.78, 5) is 26.3. The highest BCUT2D eigenvalue weighted by molar-refractivity contribution is 7.14. The zero-order chi connectivity index (χ0) is 18.6. The number of benzene rings is 1. The van der Waals surface area contributed by atoms with Crippen molar-refractivity contribution in [3.05, 3.63) is 45.1 Å². The van der Waals surface area contributed by atoms with Crippen molar-refractivity contribution in [2.45, 2.75) is 44.9 Å². The van der Waals surface area contributed by atoms with Gasteiger partial charge in [0.25, 0.3) is 5.91 Å². The lowest BCUT2D eigenvalue weighted by Crippen LogP contribution is -2.41. The number of rotatable bonds is 4. The second kappa shape index (κ2) is 8.00. The van der Waals surface area contributed by atoms with Crippen LogP contribution in [0.15, 0.2) is 24.3 Å². The Morgan fingerprint density at radius 3 is 2.78 bits per heavy atom. The number of aryl methyl sites for hydroxylation is 3. The summed E-state index contributed by atoms with van der Waals surface area (Å²) in [6.07, 6.45) is 6.55. The van der Waals surface area contributed by atoms with Gasteiger partial charge in [0.2, 0.25) is 12.7 Å². The van der Waals surface area contributed by atoms with Crippen molar-refractivity contribution in [1.82, 2.24) is 10.9 Å². The van der Waals surface area contributed by atoms with Crippen LogP contribution in [0.3, 0.4) is 0 Å². The Morgan fingerprint density at radius 2 is 1.85 bits per heavy atom. The van der Waals surface area contributed by atoms with Gasteiger partial charge in [-0.15, -0.1) is 11.3 Å². The second-order valence-corrected chi connectivity index (χ2v) is 7.95. The molecule has 1 aromatic heterocycles. The van der Waals surface area contributed by atoms with E-state index in [0.717, 1.165) is 24.2 Å². The molecular formula is C20H22N2O4S. The van der Waals surface area contributed by atoms with E-state index in [1.807, 2.05) is 24.3 Å². The summed E-state index contributed by atoms with van der Waals surface area (Å²) >= 11 is 1.54. The molecule has 1 aliphatic heterocycles. The number of carbonyl (C=O) groups excluding carboxylic acids is 2. The van der Waals surface area contributed by atoms with Crippen molar-refractivity contribution < 1.29 is 19.1 Å². The smallest absolute Gasteiger partial charge is 0.279 e.